The number of hydrogen-bond donors (Lipinski definition) is 1. The van der Waals surface area contributed by atoms with Crippen molar-refractivity contribution in [2.45, 2.75) is 25.7 Å². The molecule has 0 radical (unpaired) electrons. The zero-order chi connectivity index (χ0) is 12.3. The van der Waals surface area contributed by atoms with Crippen LogP contribution in [0.1, 0.15) is 25.7 Å². The first-order chi connectivity index (χ1) is 8.20. The summed E-state index contributed by atoms with van der Waals surface area (Å²) in [5.74, 6) is 0.656. The first kappa shape index (κ1) is 12.7. The highest BCUT2D eigenvalue weighted by Gasteiger charge is 2.39. The van der Waals surface area contributed by atoms with Crippen molar-refractivity contribution in [3.63, 3.8) is 0 Å². The van der Waals surface area contributed by atoms with E-state index < -0.39 is 11.9 Å². The molecule has 17 heavy (non-hydrogen) atoms. The van der Waals surface area contributed by atoms with E-state index in [9.17, 15) is 9.59 Å². The fraction of sp³-hybridized carbons (Fsp3) is 0.833. The van der Waals surface area contributed by atoms with Gasteiger partial charge in [-0.3, -0.25) is 9.59 Å². The van der Waals surface area contributed by atoms with E-state index in [1.54, 1.807) is 0 Å². The van der Waals surface area contributed by atoms with Crippen molar-refractivity contribution in [2.24, 2.45) is 11.8 Å². The van der Waals surface area contributed by atoms with E-state index in [4.69, 9.17) is 5.11 Å². The summed E-state index contributed by atoms with van der Waals surface area (Å²) in [7, 11) is 0. The number of carbonyl (C=O) groups excluding carboxylic acids is 1. The molecular weight excluding hydrogens is 238 g/mol. The predicted octanol–water partition coefficient (Wildman–Crippen LogP) is 1.45. The Labute approximate surface area is 106 Å². The number of hydrogen-bond acceptors (Lipinski definition) is 3. The quantitative estimate of drug-likeness (QED) is 0.813. The molecule has 2 rings (SSSR count). The standard InChI is InChI=1S/C12H19NO3S/c14-11(13-5-2-7-17-8-6-13)9-3-1-4-10(9)12(15)16/h9-10H,1-8H2,(H,15,16). The van der Waals surface area contributed by atoms with Crippen LogP contribution >= 0.6 is 11.8 Å². The molecule has 1 N–H and O–H groups in total. The van der Waals surface area contributed by atoms with E-state index in [1.807, 2.05) is 16.7 Å². The Kier molecular flexibility index (Phi) is 4.31. The summed E-state index contributed by atoms with van der Waals surface area (Å²) in [4.78, 5) is 25.3. The van der Waals surface area contributed by atoms with Crippen molar-refractivity contribution >= 4 is 23.6 Å². The number of thioether (sulfide) groups is 1. The van der Waals surface area contributed by atoms with Crippen molar-refractivity contribution in [3.05, 3.63) is 0 Å². The lowest BCUT2D eigenvalue weighted by atomic mass is 9.94. The van der Waals surface area contributed by atoms with Gasteiger partial charge in [-0.05, 0) is 25.0 Å². The van der Waals surface area contributed by atoms with Crippen LogP contribution in [-0.2, 0) is 9.59 Å². The van der Waals surface area contributed by atoms with Crippen molar-refractivity contribution in [1.29, 1.82) is 0 Å². The van der Waals surface area contributed by atoms with E-state index >= 15 is 0 Å². The largest absolute Gasteiger partial charge is 0.481 e. The number of carboxylic acids is 1. The van der Waals surface area contributed by atoms with E-state index in [1.165, 1.54) is 0 Å². The van der Waals surface area contributed by atoms with Crippen LogP contribution in [-0.4, -0.2) is 46.5 Å². The third kappa shape index (κ3) is 2.94. The summed E-state index contributed by atoms with van der Waals surface area (Å²) in [6, 6.07) is 0. The van der Waals surface area contributed by atoms with Crippen molar-refractivity contribution in [2.75, 3.05) is 24.6 Å². The third-order valence-corrected chi connectivity index (χ3v) is 4.73. The highest BCUT2D eigenvalue weighted by atomic mass is 32.2. The molecule has 1 heterocycles. The maximum atomic E-state index is 12.3. The maximum Gasteiger partial charge on any atom is 0.307 e. The van der Waals surface area contributed by atoms with Gasteiger partial charge in [-0.2, -0.15) is 11.8 Å². The summed E-state index contributed by atoms with van der Waals surface area (Å²) in [5, 5.41) is 9.11. The monoisotopic (exact) mass is 257 g/mol. The summed E-state index contributed by atoms with van der Waals surface area (Å²) in [6.45, 7) is 1.58. The first-order valence-electron chi connectivity index (χ1n) is 6.29. The van der Waals surface area contributed by atoms with Crippen molar-refractivity contribution in [1.82, 2.24) is 4.90 Å². The van der Waals surface area contributed by atoms with Crippen LogP contribution < -0.4 is 0 Å². The van der Waals surface area contributed by atoms with Gasteiger partial charge >= 0.3 is 5.97 Å². The van der Waals surface area contributed by atoms with Crippen molar-refractivity contribution < 1.29 is 14.7 Å². The Bertz CT molecular complexity index is 300. The molecule has 1 aliphatic heterocycles. The molecule has 2 atom stereocenters. The zero-order valence-electron chi connectivity index (χ0n) is 9.93. The highest BCUT2D eigenvalue weighted by molar-refractivity contribution is 7.99. The van der Waals surface area contributed by atoms with E-state index in [0.717, 1.165) is 43.9 Å². The fourth-order valence-corrected chi connectivity index (χ4v) is 3.64. The van der Waals surface area contributed by atoms with Gasteiger partial charge in [0.1, 0.15) is 0 Å². The molecule has 5 heteroatoms. The predicted molar refractivity (Wildman–Crippen MR) is 67.0 cm³/mol. The van der Waals surface area contributed by atoms with E-state index in [2.05, 4.69) is 0 Å². The second kappa shape index (κ2) is 5.76. The minimum absolute atomic E-state index is 0.0809. The third-order valence-electron chi connectivity index (χ3n) is 3.68. The number of nitrogens with zero attached hydrogens (tertiary/aromatic N) is 1. The molecule has 0 spiro atoms. The second-order valence-electron chi connectivity index (χ2n) is 4.77. The summed E-state index contributed by atoms with van der Waals surface area (Å²) >= 11 is 1.88. The van der Waals surface area contributed by atoms with Gasteiger partial charge in [-0.25, -0.2) is 0 Å². The van der Waals surface area contributed by atoms with Crippen LogP contribution in [0.3, 0.4) is 0 Å². The van der Waals surface area contributed by atoms with Gasteiger partial charge in [0.05, 0.1) is 11.8 Å². The molecule has 1 amide bonds. The molecule has 2 aliphatic rings. The second-order valence-corrected chi connectivity index (χ2v) is 6.00. The van der Waals surface area contributed by atoms with Crippen LogP contribution in [0.15, 0.2) is 0 Å². The lowest BCUT2D eigenvalue weighted by Crippen LogP contribution is -2.40. The fourth-order valence-electron chi connectivity index (χ4n) is 2.75. The summed E-state index contributed by atoms with van der Waals surface area (Å²) in [5.41, 5.74) is 0. The normalized spacial score (nSPS) is 30.0. The van der Waals surface area contributed by atoms with E-state index in [-0.39, 0.29) is 11.8 Å². The van der Waals surface area contributed by atoms with Crippen LogP contribution in [0.2, 0.25) is 0 Å². The average Bonchev–Trinajstić information content (AvgIpc) is 2.64. The minimum Gasteiger partial charge on any atom is -0.481 e. The Hall–Kier alpha value is -0.710. The van der Waals surface area contributed by atoms with Gasteiger partial charge in [0.25, 0.3) is 0 Å². The SMILES string of the molecule is O=C(O)C1CCCC1C(=O)N1CCCSCC1. The molecule has 4 nitrogen and oxygen atoms in total. The molecule has 0 aromatic carbocycles. The number of carboxylic acid groups (broad SMARTS) is 1. The molecule has 2 fully saturated rings. The Balaban J connectivity index is 2.00. The lowest BCUT2D eigenvalue weighted by molar-refractivity contribution is -0.149. The van der Waals surface area contributed by atoms with Gasteiger partial charge < -0.3 is 10.0 Å². The molecule has 1 aliphatic carbocycles. The molecule has 0 aromatic rings. The van der Waals surface area contributed by atoms with Gasteiger partial charge in [0.2, 0.25) is 5.91 Å². The molecule has 1 saturated heterocycles. The lowest BCUT2D eigenvalue weighted by Gasteiger charge is -2.25. The van der Waals surface area contributed by atoms with Gasteiger partial charge in [0.15, 0.2) is 0 Å². The van der Waals surface area contributed by atoms with Gasteiger partial charge in [-0.1, -0.05) is 6.42 Å². The molecule has 1 saturated carbocycles. The number of amides is 1. The Morgan fingerprint density at radius 2 is 1.82 bits per heavy atom. The minimum atomic E-state index is -0.801. The Morgan fingerprint density at radius 1 is 1.06 bits per heavy atom. The molecule has 96 valence electrons. The number of rotatable bonds is 2. The van der Waals surface area contributed by atoms with Gasteiger partial charge in [-0.15, -0.1) is 0 Å². The van der Waals surface area contributed by atoms with E-state index in [0.29, 0.717) is 6.42 Å². The smallest absolute Gasteiger partial charge is 0.307 e. The summed E-state index contributed by atoms with van der Waals surface area (Å²) in [6.07, 6.45) is 3.31. The van der Waals surface area contributed by atoms with Crippen molar-refractivity contribution in [3.8, 4) is 0 Å². The zero-order valence-corrected chi connectivity index (χ0v) is 10.7. The highest BCUT2D eigenvalue weighted by Crippen LogP contribution is 2.33. The molecule has 0 bridgehead atoms. The molecular formula is C12H19NO3S. The van der Waals surface area contributed by atoms with Crippen LogP contribution in [0.5, 0.6) is 0 Å². The average molecular weight is 257 g/mol. The number of carbonyl (C=O) groups is 2. The molecule has 2 unspecified atom stereocenters. The maximum absolute atomic E-state index is 12.3. The summed E-state index contributed by atoms with van der Waals surface area (Å²) < 4.78 is 0. The Morgan fingerprint density at radius 3 is 2.59 bits per heavy atom. The van der Waals surface area contributed by atoms with Crippen LogP contribution in [0, 0.1) is 11.8 Å². The topological polar surface area (TPSA) is 57.6 Å². The van der Waals surface area contributed by atoms with Crippen LogP contribution in [0.25, 0.3) is 0 Å². The van der Waals surface area contributed by atoms with Crippen LogP contribution in [0.4, 0.5) is 0 Å². The molecule has 0 aromatic heterocycles. The first-order valence-corrected chi connectivity index (χ1v) is 7.45. The number of aliphatic carboxylic acids is 1. The van der Waals surface area contributed by atoms with Gasteiger partial charge in [0, 0.05) is 18.8 Å².